The predicted octanol–water partition coefficient (Wildman–Crippen LogP) is 3.65. The number of ether oxygens (including phenoxy) is 1. The van der Waals surface area contributed by atoms with Crippen molar-refractivity contribution in [3.8, 4) is 0 Å². The number of cyclic esters (lactones) is 2. The molecule has 0 aromatic rings. The molecule has 3 heteroatoms. The monoisotopic (exact) mass is 276 g/mol. The summed E-state index contributed by atoms with van der Waals surface area (Å²) in [6, 6.07) is 0. The quantitative estimate of drug-likeness (QED) is 0.417. The van der Waals surface area contributed by atoms with Crippen molar-refractivity contribution in [3.05, 3.63) is 24.3 Å². The van der Waals surface area contributed by atoms with E-state index in [1.54, 1.807) is 0 Å². The molecule has 3 atom stereocenters. The van der Waals surface area contributed by atoms with Gasteiger partial charge in [-0.3, -0.25) is 0 Å². The van der Waals surface area contributed by atoms with Crippen molar-refractivity contribution in [1.29, 1.82) is 0 Å². The van der Waals surface area contributed by atoms with Crippen LogP contribution in [0.1, 0.15) is 46.5 Å². The zero-order valence-corrected chi connectivity index (χ0v) is 12.6. The number of hydrogen-bond donors (Lipinski definition) is 0. The van der Waals surface area contributed by atoms with Gasteiger partial charge in [0.05, 0.1) is 0 Å². The second-order valence-corrected chi connectivity index (χ2v) is 7.25. The second kappa shape index (κ2) is 5.94. The number of carbonyl (C=O) groups excluding carboxylic acids is 2. The third-order valence-corrected chi connectivity index (χ3v) is 4.16. The van der Waals surface area contributed by atoms with Crippen molar-refractivity contribution in [2.75, 3.05) is 0 Å². The van der Waals surface area contributed by atoms with E-state index in [0.29, 0.717) is 5.41 Å². The van der Waals surface area contributed by atoms with E-state index in [9.17, 15) is 9.59 Å². The first-order valence-electron chi connectivity index (χ1n) is 7.44. The van der Waals surface area contributed by atoms with Gasteiger partial charge in [-0.2, -0.15) is 0 Å². The van der Waals surface area contributed by atoms with Crippen molar-refractivity contribution in [2.45, 2.75) is 46.5 Å². The zero-order valence-electron chi connectivity index (χ0n) is 12.6. The van der Waals surface area contributed by atoms with Crippen LogP contribution < -0.4 is 0 Å². The molecule has 0 radical (unpaired) electrons. The zero-order chi connectivity index (χ0) is 14.8. The Labute approximate surface area is 121 Å². The van der Waals surface area contributed by atoms with E-state index in [4.69, 9.17) is 0 Å². The lowest BCUT2D eigenvalue weighted by molar-refractivity contribution is -0.150. The molecule has 0 aromatic heterocycles. The van der Waals surface area contributed by atoms with Crippen molar-refractivity contribution in [1.82, 2.24) is 0 Å². The fraction of sp³-hybridized carbons (Fsp3) is 0.647. The molecule has 3 rings (SSSR count). The Bertz CT molecular complexity index is 424. The van der Waals surface area contributed by atoms with Crippen LogP contribution in [0.2, 0.25) is 0 Å². The van der Waals surface area contributed by atoms with Gasteiger partial charge >= 0.3 is 11.9 Å². The number of fused-ring (bicyclic) bond motifs is 2. The lowest BCUT2D eigenvalue weighted by atomic mass is 9.79. The van der Waals surface area contributed by atoms with Gasteiger partial charge in [-0.15, -0.1) is 0 Å². The molecule has 20 heavy (non-hydrogen) atoms. The summed E-state index contributed by atoms with van der Waals surface area (Å²) < 4.78 is 3.97. The van der Waals surface area contributed by atoms with E-state index in [1.165, 1.54) is 25.7 Å². The van der Waals surface area contributed by atoms with Crippen LogP contribution in [0.5, 0.6) is 0 Å². The Morgan fingerprint density at radius 2 is 1.80 bits per heavy atom. The summed E-state index contributed by atoms with van der Waals surface area (Å²) in [7, 11) is 0. The summed E-state index contributed by atoms with van der Waals surface area (Å²) in [4.78, 5) is 19.8. The van der Waals surface area contributed by atoms with Crippen molar-refractivity contribution >= 4 is 11.9 Å². The number of carbonyl (C=O) groups is 2. The molecular formula is C17H24O3. The van der Waals surface area contributed by atoms with Crippen LogP contribution in [0.25, 0.3) is 0 Å². The van der Waals surface area contributed by atoms with Crippen LogP contribution in [-0.2, 0) is 14.3 Å². The SMILES string of the molecule is CC(C)(C)CC1CC2C=CCC1C2.O=C1C=CC(=O)O1. The molecule has 2 aliphatic carbocycles. The number of rotatable bonds is 1. The molecule has 0 aromatic carbocycles. The van der Waals surface area contributed by atoms with Gasteiger partial charge in [0, 0.05) is 12.2 Å². The number of hydrogen-bond acceptors (Lipinski definition) is 3. The fourth-order valence-electron chi connectivity index (χ4n) is 3.49. The standard InChI is InChI=1S/C13H22.C4H2O3/c1-13(2,3)9-12-8-10-5-4-6-11(12)7-10;5-3-1-2-4(6)7-3/h4-5,10-12H,6-9H2,1-3H3;1-2H. The summed E-state index contributed by atoms with van der Waals surface area (Å²) in [5.74, 6) is 1.82. The molecule has 3 nitrogen and oxygen atoms in total. The summed E-state index contributed by atoms with van der Waals surface area (Å²) in [5, 5.41) is 0. The van der Waals surface area contributed by atoms with E-state index in [0.717, 1.165) is 29.9 Å². The third-order valence-electron chi connectivity index (χ3n) is 4.16. The first-order chi connectivity index (χ1) is 9.33. The molecule has 110 valence electrons. The molecule has 1 heterocycles. The number of esters is 2. The fourth-order valence-corrected chi connectivity index (χ4v) is 3.49. The molecule has 0 spiro atoms. The van der Waals surface area contributed by atoms with Crippen molar-refractivity contribution in [2.24, 2.45) is 23.2 Å². The molecular weight excluding hydrogens is 252 g/mol. The summed E-state index contributed by atoms with van der Waals surface area (Å²) in [5.41, 5.74) is 0.530. The van der Waals surface area contributed by atoms with E-state index >= 15 is 0 Å². The normalized spacial score (nSPS) is 31.1. The molecule has 3 aliphatic rings. The van der Waals surface area contributed by atoms with E-state index in [1.807, 2.05) is 0 Å². The minimum absolute atomic E-state index is 0.530. The summed E-state index contributed by atoms with van der Waals surface area (Å²) >= 11 is 0. The highest BCUT2D eigenvalue weighted by molar-refractivity contribution is 6.04. The Balaban J connectivity index is 0.000000178. The smallest absolute Gasteiger partial charge is 0.338 e. The van der Waals surface area contributed by atoms with Crippen molar-refractivity contribution < 1.29 is 14.3 Å². The van der Waals surface area contributed by atoms with Gasteiger partial charge in [0.25, 0.3) is 0 Å². The molecule has 1 saturated carbocycles. The first kappa shape index (κ1) is 15.0. The average Bonchev–Trinajstić information content (AvgIpc) is 2.82. The molecule has 2 bridgehead atoms. The summed E-state index contributed by atoms with van der Waals surface area (Å²) in [6.45, 7) is 7.13. The largest absolute Gasteiger partial charge is 0.387 e. The van der Waals surface area contributed by atoms with E-state index in [2.05, 4.69) is 37.7 Å². The average molecular weight is 276 g/mol. The van der Waals surface area contributed by atoms with Gasteiger partial charge in [0.15, 0.2) is 0 Å². The van der Waals surface area contributed by atoms with Crippen molar-refractivity contribution in [3.63, 3.8) is 0 Å². The Morgan fingerprint density at radius 3 is 2.25 bits per heavy atom. The van der Waals surface area contributed by atoms with Crippen LogP contribution >= 0.6 is 0 Å². The van der Waals surface area contributed by atoms with Gasteiger partial charge in [-0.25, -0.2) is 9.59 Å². The van der Waals surface area contributed by atoms with Gasteiger partial charge in [0.1, 0.15) is 0 Å². The Hall–Kier alpha value is -1.38. The second-order valence-electron chi connectivity index (χ2n) is 7.25. The lowest BCUT2D eigenvalue weighted by Crippen LogP contribution is -2.16. The third kappa shape index (κ3) is 4.32. The molecule has 3 unspecified atom stereocenters. The molecule has 1 aliphatic heterocycles. The Kier molecular flexibility index (Phi) is 4.46. The summed E-state index contributed by atoms with van der Waals surface area (Å²) in [6.07, 6.45) is 12.8. The van der Waals surface area contributed by atoms with Gasteiger partial charge in [-0.05, 0) is 48.9 Å². The maximum Gasteiger partial charge on any atom is 0.338 e. The molecule has 1 fully saturated rings. The van der Waals surface area contributed by atoms with Crippen LogP contribution in [0, 0.1) is 23.2 Å². The predicted molar refractivity (Wildman–Crippen MR) is 77.8 cm³/mol. The van der Waals surface area contributed by atoms with Gasteiger partial charge in [-0.1, -0.05) is 32.9 Å². The highest BCUT2D eigenvalue weighted by atomic mass is 16.6. The lowest BCUT2D eigenvalue weighted by Gasteiger charge is -2.26. The van der Waals surface area contributed by atoms with Gasteiger partial charge < -0.3 is 4.74 Å². The van der Waals surface area contributed by atoms with E-state index in [-0.39, 0.29) is 0 Å². The highest BCUT2D eigenvalue weighted by Crippen LogP contribution is 2.46. The minimum Gasteiger partial charge on any atom is -0.387 e. The molecule has 0 saturated heterocycles. The first-order valence-corrected chi connectivity index (χ1v) is 7.44. The maximum absolute atomic E-state index is 9.92. The number of allylic oxidation sites excluding steroid dienone is 2. The molecule has 0 N–H and O–H groups in total. The van der Waals surface area contributed by atoms with Crippen LogP contribution in [0.3, 0.4) is 0 Å². The van der Waals surface area contributed by atoms with Crippen LogP contribution in [-0.4, -0.2) is 11.9 Å². The van der Waals surface area contributed by atoms with Gasteiger partial charge in [0.2, 0.25) is 0 Å². The minimum atomic E-state index is -0.579. The topological polar surface area (TPSA) is 43.4 Å². The van der Waals surface area contributed by atoms with E-state index < -0.39 is 11.9 Å². The Morgan fingerprint density at radius 1 is 1.15 bits per heavy atom. The highest BCUT2D eigenvalue weighted by Gasteiger charge is 2.36. The molecule has 0 amide bonds. The maximum atomic E-state index is 9.92. The van der Waals surface area contributed by atoms with Crippen LogP contribution in [0.4, 0.5) is 0 Å². The van der Waals surface area contributed by atoms with Crippen LogP contribution in [0.15, 0.2) is 24.3 Å².